The lowest BCUT2D eigenvalue weighted by molar-refractivity contribution is -0.384. The molecule has 1 fully saturated rings. The molecule has 1 aromatic rings. The maximum atomic E-state index is 10.9. The molecule has 18 heavy (non-hydrogen) atoms. The highest BCUT2D eigenvalue weighted by Gasteiger charge is 2.22. The summed E-state index contributed by atoms with van der Waals surface area (Å²) in [4.78, 5) is 14.5. The molecule has 98 valence electrons. The molecular formula is C12H18N4O2. The van der Waals surface area contributed by atoms with Crippen LogP contribution in [0.25, 0.3) is 0 Å². The Morgan fingerprint density at radius 1 is 1.39 bits per heavy atom. The predicted molar refractivity (Wildman–Crippen MR) is 70.3 cm³/mol. The Balaban J connectivity index is 2.12. The second kappa shape index (κ2) is 5.20. The van der Waals surface area contributed by atoms with Crippen LogP contribution in [0.1, 0.15) is 32.6 Å². The first-order valence-electron chi connectivity index (χ1n) is 6.23. The average molecular weight is 250 g/mol. The molecule has 1 heterocycles. The van der Waals surface area contributed by atoms with Gasteiger partial charge in [-0.3, -0.25) is 10.1 Å². The Morgan fingerprint density at radius 2 is 2.06 bits per heavy atom. The second-order valence-electron chi connectivity index (χ2n) is 4.96. The molecule has 0 aromatic carbocycles. The third kappa shape index (κ3) is 2.88. The van der Waals surface area contributed by atoms with E-state index in [2.05, 4.69) is 17.2 Å². The average Bonchev–Trinajstić information content (AvgIpc) is 2.32. The number of nitrogens with zero attached hydrogens (tertiary/aromatic N) is 2. The van der Waals surface area contributed by atoms with E-state index in [1.807, 2.05) is 0 Å². The van der Waals surface area contributed by atoms with Crippen LogP contribution >= 0.6 is 0 Å². The maximum absolute atomic E-state index is 10.9. The second-order valence-corrected chi connectivity index (χ2v) is 4.96. The number of anilines is 2. The molecule has 1 aliphatic carbocycles. The fourth-order valence-electron chi connectivity index (χ4n) is 2.32. The molecule has 0 unspecified atom stereocenters. The highest BCUT2D eigenvalue weighted by atomic mass is 16.6. The van der Waals surface area contributed by atoms with Gasteiger partial charge in [-0.25, -0.2) is 4.98 Å². The molecule has 3 N–H and O–H groups in total. The van der Waals surface area contributed by atoms with Crippen molar-refractivity contribution in [2.45, 2.75) is 38.6 Å². The molecule has 1 aromatic heterocycles. The van der Waals surface area contributed by atoms with Crippen molar-refractivity contribution in [3.8, 4) is 0 Å². The number of rotatable bonds is 3. The van der Waals surface area contributed by atoms with Crippen molar-refractivity contribution in [2.75, 3.05) is 11.1 Å². The summed E-state index contributed by atoms with van der Waals surface area (Å²) in [5, 5.41) is 14.1. The molecule has 0 aliphatic heterocycles. The fraction of sp³-hybridized carbons (Fsp3) is 0.583. The van der Waals surface area contributed by atoms with Gasteiger partial charge in [-0.1, -0.05) is 6.92 Å². The van der Waals surface area contributed by atoms with Crippen LogP contribution in [0, 0.1) is 16.0 Å². The van der Waals surface area contributed by atoms with E-state index in [4.69, 9.17) is 5.73 Å². The summed E-state index contributed by atoms with van der Waals surface area (Å²) < 4.78 is 0. The van der Waals surface area contributed by atoms with E-state index in [0.717, 1.165) is 31.6 Å². The van der Waals surface area contributed by atoms with Crippen LogP contribution in [-0.4, -0.2) is 15.9 Å². The molecule has 0 bridgehead atoms. The molecule has 0 atom stereocenters. The van der Waals surface area contributed by atoms with Crippen LogP contribution in [0.2, 0.25) is 0 Å². The number of nitrogens with one attached hydrogen (secondary N) is 1. The van der Waals surface area contributed by atoms with E-state index in [1.165, 1.54) is 12.1 Å². The molecule has 6 nitrogen and oxygen atoms in total. The summed E-state index contributed by atoms with van der Waals surface area (Å²) in [5.41, 5.74) is 5.57. The molecule has 1 saturated carbocycles. The van der Waals surface area contributed by atoms with Gasteiger partial charge >= 0.3 is 5.69 Å². The van der Waals surface area contributed by atoms with E-state index in [-0.39, 0.29) is 11.7 Å². The van der Waals surface area contributed by atoms with Crippen LogP contribution in [0.4, 0.5) is 17.3 Å². The summed E-state index contributed by atoms with van der Waals surface area (Å²) in [6.45, 7) is 2.23. The molecule has 0 spiro atoms. The van der Waals surface area contributed by atoms with Gasteiger partial charge in [0.2, 0.25) is 5.82 Å². The van der Waals surface area contributed by atoms with Crippen LogP contribution in [0.5, 0.6) is 0 Å². The number of aromatic nitrogens is 1. The van der Waals surface area contributed by atoms with Crippen molar-refractivity contribution in [1.82, 2.24) is 4.98 Å². The summed E-state index contributed by atoms with van der Waals surface area (Å²) >= 11 is 0. The Morgan fingerprint density at radius 3 is 2.67 bits per heavy atom. The smallest absolute Gasteiger partial charge is 0.311 e. The molecule has 1 aliphatic rings. The zero-order valence-corrected chi connectivity index (χ0v) is 10.4. The van der Waals surface area contributed by atoms with E-state index < -0.39 is 4.92 Å². The molecule has 0 saturated heterocycles. The highest BCUT2D eigenvalue weighted by molar-refractivity contribution is 5.59. The Hall–Kier alpha value is -1.85. The topological polar surface area (TPSA) is 94.1 Å². The largest absolute Gasteiger partial charge is 0.384 e. The van der Waals surface area contributed by atoms with Crippen molar-refractivity contribution in [1.29, 1.82) is 0 Å². The van der Waals surface area contributed by atoms with Gasteiger partial charge in [0.1, 0.15) is 5.82 Å². The van der Waals surface area contributed by atoms with Crippen LogP contribution in [-0.2, 0) is 0 Å². The molecule has 0 radical (unpaired) electrons. The molecule has 0 amide bonds. The molecular weight excluding hydrogens is 232 g/mol. The van der Waals surface area contributed by atoms with Crippen molar-refractivity contribution in [2.24, 2.45) is 5.92 Å². The van der Waals surface area contributed by atoms with E-state index >= 15 is 0 Å². The number of pyridine rings is 1. The number of nitro groups is 1. The van der Waals surface area contributed by atoms with Gasteiger partial charge in [0.25, 0.3) is 0 Å². The Bertz CT molecular complexity index is 442. The number of hydrogen-bond acceptors (Lipinski definition) is 5. The summed E-state index contributed by atoms with van der Waals surface area (Å²) in [7, 11) is 0. The van der Waals surface area contributed by atoms with Crippen molar-refractivity contribution in [3.05, 3.63) is 22.2 Å². The minimum Gasteiger partial charge on any atom is -0.384 e. The van der Waals surface area contributed by atoms with Gasteiger partial charge in [0, 0.05) is 12.1 Å². The normalized spacial score (nSPS) is 23.6. The monoisotopic (exact) mass is 250 g/mol. The Kier molecular flexibility index (Phi) is 3.64. The zero-order valence-electron chi connectivity index (χ0n) is 10.4. The van der Waals surface area contributed by atoms with Crippen molar-refractivity contribution in [3.63, 3.8) is 0 Å². The quantitative estimate of drug-likeness (QED) is 0.635. The minimum atomic E-state index is -0.430. The van der Waals surface area contributed by atoms with Gasteiger partial charge in [0.05, 0.1) is 4.92 Å². The lowest BCUT2D eigenvalue weighted by atomic mass is 9.87. The van der Waals surface area contributed by atoms with E-state index in [0.29, 0.717) is 11.6 Å². The summed E-state index contributed by atoms with van der Waals surface area (Å²) in [6.07, 6.45) is 4.34. The lowest BCUT2D eigenvalue weighted by Crippen LogP contribution is -2.26. The third-order valence-electron chi connectivity index (χ3n) is 3.45. The Labute approximate surface area is 106 Å². The standard InChI is InChI=1S/C12H18N4O2/c1-8-2-4-9(5-3-8)14-12-10(16(17)18)6-7-11(13)15-12/h6-9H,2-5H2,1H3,(H3,13,14,15). The molecule has 6 heteroatoms. The SMILES string of the molecule is CC1CCC(Nc2nc(N)ccc2[N+](=O)[O-])CC1. The first-order chi connectivity index (χ1) is 8.56. The first kappa shape index (κ1) is 12.6. The van der Waals surface area contributed by atoms with Crippen molar-refractivity contribution >= 4 is 17.3 Å². The molecule has 2 rings (SSSR count). The third-order valence-corrected chi connectivity index (χ3v) is 3.45. The van der Waals surface area contributed by atoms with E-state index in [9.17, 15) is 10.1 Å². The van der Waals surface area contributed by atoms with Gasteiger partial charge in [-0.05, 0) is 37.7 Å². The van der Waals surface area contributed by atoms with Crippen LogP contribution < -0.4 is 11.1 Å². The minimum absolute atomic E-state index is 0.0113. The van der Waals surface area contributed by atoms with Gasteiger partial charge in [-0.2, -0.15) is 0 Å². The van der Waals surface area contributed by atoms with Crippen LogP contribution in [0.3, 0.4) is 0 Å². The van der Waals surface area contributed by atoms with Gasteiger partial charge in [0.15, 0.2) is 0 Å². The van der Waals surface area contributed by atoms with Crippen molar-refractivity contribution < 1.29 is 4.92 Å². The highest BCUT2D eigenvalue weighted by Crippen LogP contribution is 2.29. The fourth-order valence-corrected chi connectivity index (χ4v) is 2.32. The lowest BCUT2D eigenvalue weighted by Gasteiger charge is -2.27. The maximum Gasteiger partial charge on any atom is 0.311 e. The summed E-state index contributed by atoms with van der Waals surface area (Å²) in [5.74, 6) is 1.33. The van der Waals surface area contributed by atoms with Crippen LogP contribution in [0.15, 0.2) is 12.1 Å². The summed E-state index contributed by atoms with van der Waals surface area (Å²) in [6, 6.07) is 3.11. The first-order valence-corrected chi connectivity index (χ1v) is 6.23. The van der Waals surface area contributed by atoms with Gasteiger partial charge < -0.3 is 11.1 Å². The number of hydrogen-bond donors (Lipinski definition) is 2. The predicted octanol–water partition coefficient (Wildman–Crippen LogP) is 2.56. The van der Waals surface area contributed by atoms with E-state index in [1.54, 1.807) is 0 Å². The zero-order chi connectivity index (χ0) is 13.1. The number of nitrogen functional groups attached to an aromatic ring is 1. The van der Waals surface area contributed by atoms with Gasteiger partial charge in [-0.15, -0.1) is 0 Å². The number of nitrogens with two attached hydrogens (primary N) is 1.